The molecule has 0 spiro atoms. The van der Waals surface area contributed by atoms with Gasteiger partial charge in [0.2, 0.25) is 0 Å². The average Bonchev–Trinajstić information content (AvgIpc) is 3.29. The molecule has 1 aliphatic carbocycles. The van der Waals surface area contributed by atoms with Gasteiger partial charge in [-0.05, 0) is 70.9 Å². The normalized spacial score (nSPS) is 36.9. The molecule has 21 heavy (non-hydrogen) atoms. The number of nitrogens with zero attached hydrogens (tertiary/aromatic N) is 2. The summed E-state index contributed by atoms with van der Waals surface area (Å²) >= 11 is 0. The van der Waals surface area contributed by atoms with Gasteiger partial charge in [-0.15, -0.1) is 0 Å². The summed E-state index contributed by atoms with van der Waals surface area (Å²) in [4.78, 5) is 5.29. The summed E-state index contributed by atoms with van der Waals surface area (Å²) in [7, 11) is 0. The number of hydrogen-bond acceptors (Lipinski definition) is 3. The van der Waals surface area contributed by atoms with Crippen LogP contribution < -0.4 is 0 Å². The van der Waals surface area contributed by atoms with Gasteiger partial charge in [0.15, 0.2) is 0 Å². The zero-order chi connectivity index (χ0) is 15.1. The minimum atomic E-state index is -0.355. The Hall–Kier alpha value is -0.120. The number of likely N-dealkylation sites (tertiary alicyclic amines) is 2. The molecule has 0 aromatic heterocycles. The Morgan fingerprint density at radius 2 is 1.76 bits per heavy atom. The second-order valence-corrected chi connectivity index (χ2v) is 8.51. The van der Waals surface area contributed by atoms with E-state index in [2.05, 4.69) is 30.6 Å². The van der Waals surface area contributed by atoms with Gasteiger partial charge >= 0.3 is 0 Å². The molecule has 122 valence electrons. The van der Waals surface area contributed by atoms with E-state index in [0.717, 1.165) is 26.1 Å². The van der Waals surface area contributed by atoms with Gasteiger partial charge in [0.1, 0.15) is 0 Å². The third-order valence-corrected chi connectivity index (χ3v) is 6.32. The average molecular weight is 294 g/mol. The van der Waals surface area contributed by atoms with Crippen molar-refractivity contribution in [1.29, 1.82) is 0 Å². The topological polar surface area (TPSA) is 26.7 Å². The van der Waals surface area contributed by atoms with Crippen LogP contribution in [-0.2, 0) is 0 Å². The van der Waals surface area contributed by atoms with Gasteiger partial charge < -0.3 is 10.0 Å². The molecule has 0 aromatic carbocycles. The van der Waals surface area contributed by atoms with Crippen LogP contribution in [0.3, 0.4) is 0 Å². The van der Waals surface area contributed by atoms with Crippen LogP contribution in [0.2, 0.25) is 0 Å². The van der Waals surface area contributed by atoms with Gasteiger partial charge in [-0.3, -0.25) is 4.90 Å². The van der Waals surface area contributed by atoms with Gasteiger partial charge in [-0.1, -0.05) is 13.3 Å². The van der Waals surface area contributed by atoms with Crippen molar-refractivity contribution in [2.24, 2.45) is 11.8 Å². The highest BCUT2D eigenvalue weighted by atomic mass is 16.3. The van der Waals surface area contributed by atoms with Crippen LogP contribution in [0, 0.1) is 11.8 Å². The van der Waals surface area contributed by atoms with Gasteiger partial charge in [-0.2, -0.15) is 0 Å². The minimum Gasteiger partial charge on any atom is -0.389 e. The van der Waals surface area contributed by atoms with Crippen molar-refractivity contribution in [3.63, 3.8) is 0 Å². The molecule has 0 bridgehead atoms. The zero-order valence-corrected chi connectivity index (χ0v) is 14.3. The molecule has 2 atom stereocenters. The lowest BCUT2D eigenvalue weighted by Gasteiger charge is -2.48. The van der Waals surface area contributed by atoms with Gasteiger partial charge in [0.25, 0.3) is 0 Å². The van der Waals surface area contributed by atoms with E-state index in [-0.39, 0.29) is 11.1 Å². The fourth-order valence-electron chi connectivity index (χ4n) is 4.70. The van der Waals surface area contributed by atoms with Crippen molar-refractivity contribution < 1.29 is 5.11 Å². The Balaban J connectivity index is 1.56. The van der Waals surface area contributed by atoms with Crippen molar-refractivity contribution in [2.45, 2.75) is 70.4 Å². The van der Waals surface area contributed by atoms with Crippen molar-refractivity contribution in [3.8, 4) is 0 Å². The van der Waals surface area contributed by atoms with E-state index in [1.165, 1.54) is 45.2 Å². The number of piperidine rings is 2. The Morgan fingerprint density at radius 3 is 2.33 bits per heavy atom. The maximum Gasteiger partial charge on any atom is 0.0725 e. The predicted octanol–water partition coefficient (Wildman–Crippen LogP) is 2.73. The number of aliphatic hydroxyl groups is 1. The third-order valence-electron chi connectivity index (χ3n) is 6.32. The number of hydrogen-bond donors (Lipinski definition) is 1. The summed E-state index contributed by atoms with van der Waals surface area (Å²) in [6.07, 6.45) is 7.61. The highest BCUT2D eigenvalue weighted by molar-refractivity contribution is 5.02. The van der Waals surface area contributed by atoms with E-state index < -0.39 is 0 Å². The van der Waals surface area contributed by atoms with Crippen LogP contribution in [0.1, 0.15) is 59.3 Å². The van der Waals surface area contributed by atoms with Crippen LogP contribution in [0.25, 0.3) is 0 Å². The second-order valence-electron chi connectivity index (χ2n) is 8.51. The summed E-state index contributed by atoms with van der Waals surface area (Å²) in [6, 6.07) is 0. The summed E-state index contributed by atoms with van der Waals surface area (Å²) in [5, 5.41) is 10.9. The highest BCUT2D eigenvalue weighted by Crippen LogP contribution is 2.47. The SMILES string of the molecule is C[C@@H]1CN(CC(C)(C)N2CCCCC2)CC[C@@]1(O)C1CC1. The molecule has 0 unspecified atom stereocenters. The standard InChI is InChI=1S/C18H34N2O/c1-15-13-19(12-9-18(15,21)16-7-8-16)14-17(2,3)20-10-5-4-6-11-20/h15-16,21H,4-14H2,1-3H3/t15-,18+/m1/s1. The molecule has 0 amide bonds. The van der Waals surface area contributed by atoms with Crippen LogP contribution in [0.5, 0.6) is 0 Å². The Morgan fingerprint density at radius 1 is 1.10 bits per heavy atom. The van der Waals surface area contributed by atoms with Crippen LogP contribution >= 0.6 is 0 Å². The fraction of sp³-hybridized carbons (Fsp3) is 1.00. The van der Waals surface area contributed by atoms with E-state index in [1.54, 1.807) is 0 Å². The maximum atomic E-state index is 10.9. The lowest BCUT2D eigenvalue weighted by atomic mass is 9.78. The lowest BCUT2D eigenvalue weighted by Crippen LogP contribution is -2.58. The Bertz CT molecular complexity index is 360. The molecule has 2 saturated heterocycles. The van der Waals surface area contributed by atoms with Crippen molar-refractivity contribution in [3.05, 3.63) is 0 Å². The Labute approximate surface area is 130 Å². The molecule has 1 N–H and O–H groups in total. The first-order valence-corrected chi connectivity index (χ1v) is 9.11. The summed E-state index contributed by atoms with van der Waals surface area (Å²) < 4.78 is 0. The van der Waals surface area contributed by atoms with Crippen LogP contribution in [0.4, 0.5) is 0 Å². The molecule has 2 heterocycles. The highest BCUT2D eigenvalue weighted by Gasteiger charge is 2.50. The molecule has 3 heteroatoms. The molecule has 3 aliphatic rings. The van der Waals surface area contributed by atoms with E-state index >= 15 is 0 Å². The van der Waals surface area contributed by atoms with Gasteiger partial charge in [-0.25, -0.2) is 0 Å². The Kier molecular flexibility index (Phi) is 4.37. The molecule has 0 aromatic rings. The molecular formula is C18H34N2O. The number of rotatable bonds is 4. The molecule has 3 nitrogen and oxygen atoms in total. The predicted molar refractivity (Wildman–Crippen MR) is 87.4 cm³/mol. The minimum absolute atomic E-state index is 0.273. The van der Waals surface area contributed by atoms with Gasteiger partial charge in [0.05, 0.1) is 5.60 Å². The van der Waals surface area contributed by atoms with Crippen molar-refractivity contribution in [1.82, 2.24) is 9.80 Å². The third kappa shape index (κ3) is 3.30. The first-order valence-electron chi connectivity index (χ1n) is 9.11. The van der Waals surface area contributed by atoms with E-state index in [9.17, 15) is 5.11 Å². The largest absolute Gasteiger partial charge is 0.389 e. The lowest BCUT2D eigenvalue weighted by molar-refractivity contribution is -0.0893. The van der Waals surface area contributed by atoms with E-state index in [4.69, 9.17) is 0 Å². The zero-order valence-electron chi connectivity index (χ0n) is 14.3. The van der Waals surface area contributed by atoms with Crippen molar-refractivity contribution in [2.75, 3.05) is 32.7 Å². The molecule has 0 radical (unpaired) electrons. The van der Waals surface area contributed by atoms with Crippen molar-refractivity contribution >= 4 is 0 Å². The first kappa shape index (κ1) is 15.8. The van der Waals surface area contributed by atoms with Crippen LogP contribution in [-0.4, -0.2) is 58.8 Å². The quantitative estimate of drug-likeness (QED) is 0.863. The maximum absolute atomic E-state index is 10.9. The summed E-state index contributed by atoms with van der Waals surface area (Å²) in [5.41, 5.74) is -0.0824. The second kappa shape index (κ2) is 5.82. The smallest absolute Gasteiger partial charge is 0.0725 e. The monoisotopic (exact) mass is 294 g/mol. The fourth-order valence-corrected chi connectivity index (χ4v) is 4.70. The molecule has 3 fully saturated rings. The summed E-state index contributed by atoms with van der Waals surface area (Å²) in [6.45, 7) is 12.9. The first-order chi connectivity index (χ1) is 9.92. The molecule has 3 rings (SSSR count). The van der Waals surface area contributed by atoms with E-state index in [0.29, 0.717) is 11.8 Å². The molecular weight excluding hydrogens is 260 g/mol. The molecule has 2 aliphatic heterocycles. The van der Waals surface area contributed by atoms with Gasteiger partial charge in [0, 0.05) is 25.2 Å². The summed E-state index contributed by atoms with van der Waals surface area (Å²) in [5.74, 6) is 1.03. The van der Waals surface area contributed by atoms with Crippen LogP contribution in [0.15, 0.2) is 0 Å². The van der Waals surface area contributed by atoms with E-state index in [1.807, 2.05) is 0 Å². The molecule has 1 saturated carbocycles.